The second kappa shape index (κ2) is 3.64. The van der Waals surface area contributed by atoms with E-state index in [2.05, 4.69) is 19.1 Å². The molecule has 2 aliphatic carbocycles. The Bertz CT molecular complexity index is 169. The Hall–Kier alpha value is -0.260. The summed E-state index contributed by atoms with van der Waals surface area (Å²) in [5, 5.41) is 0. The molecule has 0 amide bonds. The molecular formula is C12H20. The van der Waals surface area contributed by atoms with Crippen LogP contribution in [-0.4, -0.2) is 0 Å². The zero-order valence-electron chi connectivity index (χ0n) is 8.13. The van der Waals surface area contributed by atoms with E-state index in [1.807, 2.05) is 0 Å². The summed E-state index contributed by atoms with van der Waals surface area (Å²) < 4.78 is 0. The highest BCUT2D eigenvalue weighted by Crippen LogP contribution is 2.45. The Morgan fingerprint density at radius 2 is 2.08 bits per heavy atom. The van der Waals surface area contributed by atoms with Crippen molar-refractivity contribution in [2.45, 2.75) is 45.4 Å². The Labute approximate surface area is 76.1 Å². The van der Waals surface area contributed by atoms with Gasteiger partial charge < -0.3 is 0 Å². The van der Waals surface area contributed by atoms with Gasteiger partial charge in [0.2, 0.25) is 0 Å². The maximum absolute atomic E-state index is 2.48. The first-order valence-corrected chi connectivity index (χ1v) is 5.58. The molecule has 0 nitrogen and oxygen atoms in total. The minimum Gasteiger partial charge on any atom is -0.0851 e. The molecule has 12 heavy (non-hydrogen) atoms. The third kappa shape index (κ3) is 1.57. The SMILES string of the molecule is CCCCCC1CC2C=CC1C2. The van der Waals surface area contributed by atoms with E-state index in [1.165, 1.54) is 38.5 Å². The standard InChI is InChI=1S/C12H20/c1-2-3-4-5-11-8-10-6-7-12(11)9-10/h6-7,10-12H,2-5,8-9H2,1H3. The predicted octanol–water partition coefficient (Wildman–Crippen LogP) is 3.78. The fraction of sp³-hybridized carbons (Fsp3) is 0.833. The quantitative estimate of drug-likeness (QED) is 0.438. The van der Waals surface area contributed by atoms with E-state index in [-0.39, 0.29) is 0 Å². The van der Waals surface area contributed by atoms with Crippen molar-refractivity contribution < 1.29 is 0 Å². The summed E-state index contributed by atoms with van der Waals surface area (Å²) in [5.74, 6) is 3.01. The largest absolute Gasteiger partial charge is 0.0851 e. The molecule has 1 saturated carbocycles. The van der Waals surface area contributed by atoms with Crippen molar-refractivity contribution in [3.63, 3.8) is 0 Å². The van der Waals surface area contributed by atoms with Gasteiger partial charge in [-0.3, -0.25) is 0 Å². The maximum atomic E-state index is 2.48. The molecule has 1 fully saturated rings. The highest BCUT2D eigenvalue weighted by atomic mass is 14.4. The first-order valence-electron chi connectivity index (χ1n) is 5.58. The Kier molecular flexibility index (Phi) is 2.53. The van der Waals surface area contributed by atoms with Gasteiger partial charge in [-0.25, -0.2) is 0 Å². The van der Waals surface area contributed by atoms with Crippen molar-refractivity contribution in [1.82, 2.24) is 0 Å². The molecule has 0 heteroatoms. The van der Waals surface area contributed by atoms with Gasteiger partial charge in [-0.1, -0.05) is 38.3 Å². The molecule has 3 unspecified atom stereocenters. The van der Waals surface area contributed by atoms with Crippen LogP contribution in [-0.2, 0) is 0 Å². The van der Waals surface area contributed by atoms with Gasteiger partial charge in [0, 0.05) is 0 Å². The molecule has 0 spiro atoms. The highest BCUT2D eigenvalue weighted by molar-refractivity contribution is 5.09. The average Bonchev–Trinajstić information content (AvgIpc) is 2.65. The van der Waals surface area contributed by atoms with E-state index in [9.17, 15) is 0 Å². The Morgan fingerprint density at radius 3 is 2.67 bits per heavy atom. The van der Waals surface area contributed by atoms with E-state index in [1.54, 1.807) is 0 Å². The van der Waals surface area contributed by atoms with Gasteiger partial charge in [-0.2, -0.15) is 0 Å². The van der Waals surface area contributed by atoms with Crippen LogP contribution in [0.2, 0.25) is 0 Å². The minimum absolute atomic E-state index is 0.974. The van der Waals surface area contributed by atoms with E-state index >= 15 is 0 Å². The summed E-state index contributed by atoms with van der Waals surface area (Å²) in [6, 6.07) is 0. The van der Waals surface area contributed by atoms with Crippen molar-refractivity contribution in [3.05, 3.63) is 12.2 Å². The van der Waals surface area contributed by atoms with E-state index < -0.39 is 0 Å². The summed E-state index contributed by atoms with van der Waals surface area (Å²) in [4.78, 5) is 0. The summed E-state index contributed by atoms with van der Waals surface area (Å²) >= 11 is 0. The molecule has 68 valence electrons. The predicted molar refractivity (Wildman–Crippen MR) is 53.0 cm³/mol. The lowest BCUT2D eigenvalue weighted by molar-refractivity contribution is 0.397. The topological polar surface area (TPSA) is 0 Å². The molecule has 2 aliphatic rings. The summed E-state index contributed by atoms with van der Waals surface area (Å²) in [6.07, 6.45) is 13.7. The number of fused-ring (bicyclic) bond motifs is 2. The molecule has 2 bridgehead atoms. The van der Waals surface area contributed by atoms with Gasteiger partial charge in [0.15, 0.2) is 0 Å². The zero-order chi connectivity index (χ0) is 8.39. The Balaban J connectivity index is 1.73. The molecule has 0 aromatic carbocycles. The third-order valence-corrected chi connectivity index (χ3v) is 3.59. The number of allylic oxidation sites excluding steroid dienone is 2. The smallest absolute Gasteiger partial charge is 0.0199 e. The normalized spacial score (nSPS) is 37.9. The van der Waals surface area contributed by atoms with Crippen molar-refractivity contribution in [3.8, 4) is 0 Å². The lowest BCUT2D eigenvalue weighted by Gasteiger charge is -2.17. The molecule has 0 aromatic rings. The van der Waals surface area contributed by atoms with Crippen LogP contribution in [0.15, 0.2) is 12.2 Å². The van der Waals surface area contributed by atoms with Gasteiger partial charge >= 0.3 is 0 Å². The number of rotatable bonds is 4. The second-order valence-corrected chi connectivity index (χ2v) is 4.54. The van der Waals surface area contributed by atoms with E-state index in [0.29, 0.717) is 0 Å². The van der Waals surface area contributed by atoms with Crippen LogP contribution in [0.1, 0.15) is 45.4 Å². The zero-order valence-corrected chi connectivity index (χ0v) is 8.13. The van der Waals surface area contributed by atoms with Crippen molar-refractivity contribution in [2.24, 2.45) is 17.8 Å². The molecule has 0 aromatic heterocycles. The number of hydrogen-bond acceptors (Lipinski definition) is 0. The molecular weight excluding hydrogens is 144 g/mol. The van der Waals surface area contributed by atoms with Gasteiger partial charge in [0.1, 0.15) is 0 Å². The molecule has 0 N–H and O–H groups in total. The number of unbranched alkanes of at least 4 members (excludes halogenated alkanes) is 2. The first-order chi connectivity index (χ1) is 5.90. The second-order valence-electron chi connectivity index (χ2n) is 4.54. The fourth-order valence-corrected chi connectivity index (χ4v) is 2.88. The van der Waals surface area contributed by atoms with Gasteiger partial charge in [0.05, 0.1) is 0 Å². The molecule has 0 aliphatic heterocycles. The molecule has 2 rings (SSSR count). The fourth-order valence-electron chi connectivity index (χ4n) is 2.88. The molecule has 3 atom stereocenters. The van der Waals surface area contributed by atoms with Crippen LogP contribution in [0.3, 0.4) is 0 Å². The molecule has 0 radical (unpaired) electrons. The third-order valence-electron chi connectivity index (χ3n) is 3.59. The van der Waals surface area contributed by atoms with Crippen LogP contribution in [0, 0.1) is 17.8 Å². The van der Waals surface area contributed by atoms with E-state index in [4.69, 9.17) is 0 Å². The van der Waals surface area contributed by atoms with Crippen LogP contribution < -0.4 is 0 Å². The van der Waals surface area contributed by atoms with Crippen molar-refractivity contribution >= 4 is 0 Å². The van der Waals surface area contributed by atoms with Gasteiger partial charge in [-0.15, -0.1) is 0 Å². The van der Waals surface area contributed by atoms with Crippen LogP contribution in [0.5, 0.6) is 0 Å². The summed E-state index contributed by atoms with van der Waals surface area (Å²) in [5.41, 5.74) is 0. The van der Waals surface area contributed by atoms with Gasteiger partial charge in [0.25, 0.3) is 0 Å². The molecule has 0 saturated heterocycles. The average molecular weight is 164 g/mol. The van der Waals surface area contributed by atoms with Crippen LogP contribution in [0.25, 0.3) is 0 Å². The highest BCUT2D eigenvalue weighted by Gasteiger charge is 2.34. The van der Waals surface area contributed by atoms with Crippen molar-refractivity contribution in [2.75, 3.05) is 0 Å². The molecule has 0 heterocycles. The van der Waals surface area contributed by atoms with Crippen LogP contribution >= 0.6 is 0 Å². The van der Waals surface area contributed by atoms with Crippen LogP contribution in [0.4, 0.5) is 0 Å². The first kappa shape index (κ1) is 8.34. The lowest BCUT2D eigenvalue weighted by Crippen LogP contribution is -2.06. The Morgan fingerprint density at radius 1 is 1.17 bits per heavy atom. The maximum Gasteiger partial charge on any atom is -0.0199 e. The minimum atomic E-state index is 0.974. The monoisotopic (exact) mass is 164 g/mol. The van der Waals surface area contributed by atoms with Gasteiger partial charge in [-0.05, 0) is 37.0 Å². The van der Waals surface area contributed by atoms with E-state index in [0.717, 1.165) is 17.8 Å². The lowest BCUT2D eigenvalue weighted by atomic mass is 9.89. The summed E-state index contributed by atoms with van der Waals surface area (Å²) in [6.45, 7) is 2.29. The number of hydrogen-bond donors (Lipinski definition) is 0. The van der Waals surface area contributed by atoms with Crippen molar-refractivity contribution in [1.29, 1.82) is 0 Å². The summed E-state index contributed by atoms with van der Waals surface area (Å²) in [7, 11) is 0.